The molecule has 242 valence electrons. The molecule has 0 fully saturated rings. The van der Waals surface area contributed by atoms with Gasteiger partial charge in [0.15, 0.2) is 0 Å². The average molecular weight is 657 g/mol. The first-order chi connectivity index (χ1) is 22.8. The molecule has 2 aliphatic rings. The van der Waals surface area contributed by atoms with Crippen LogP contribution >= 0.6 is 11.3 Å². The zero-order valence-corrected chi connectivity index (χ0v) is 27.2. The Kier molecular flexibility index (Phi) is 8.33. The van der Waals surface area contributed by atoms with E-state index in [9.17, 15) is 9.18 Å². The predicted octanol–water partition coefficient (Wildman–Crippen LogP) is 6.27. The van der Waals surface area contributed by atoms with Crippen LogP contribution in [0.4, 0.5) is 8.78 Å². The molecule has 12 heteroatoms. The van der Waals surface area contributed by atoms with Crippen LogP contribution in [0.5, 0.6) is 5.75 Å². The number of methoxy groups -OCH3 is 1. The van der Waals surface area contributed by atoms with E-state index in [1.807, 2.05) is 35.3 Å². The number of fused-ring (bicyclic) bond motifs is 3. The lowest BCUT2D eigenvalue weighted by molar-refractivity contribution is -0.129. The number of thiophene rings is 1. The van der Waals surface area contributed by atoms with Gasteiger partial charge in [-0.1, -0.05) is 6.58 Å². The van der Waals surface area contributed by atoms with E-state index in [-0.39, 0.29) is 36.5 Å². The van der Waals surface area contributed by atoms with Gasteiger partial charge in [0.05, 0.1) is 36.1 Å². The van der Waals surface area contributed by atoms with E-state index in [1.165, 1.54) is 30.6 Å². The Labute approximate surface area is 275 Å². The van der Waals surface area contributed by atoms with Gasteiger partial charge in [0.25, 0.3) is 0 Å². The standard InChI is InChI=1S/C35H34F2N6O3S/c1-5-30(44)42-9-10-43-28(20(42)2)17-27(40-43)34-32(31-25(37)15-23(36)16-29(31)46-12-11-45-4)35-24(7-13-47-35)33(39-34)21-14-22-19-41(3)8-6-26(22)38-18-21/h5,7,13-18,20H,1,6,8-12,19H2,2-4H3/t20-/m1/s1. The Hall–Kier alpha value is -4.52. The van der Waals surface area contributed by atoms with Gasteiger partial charge in [-0.2, -0.15) is 5.10 Å². The number of ether oxygens (including phenoxy) is 2. The second-order valence-electron chi connectivity index (χ2n) is 11.9. The fourth-order valence-corrected chi connectivity index (χ4v) is 7.49. The van der Waals surface area contributed by atoms with Crippen LogP contribution in [0.3, 0.4) is 0 Å². The molecule has 0 N–H and O–H groups in total. The lowest BCUT2D eigenvalue weighted by atomic mass is 9.95. The first kappa shape index (κ1) is 31.1. The number of carbonyl (C=O) groups excluding carboxylic acids is 1. The molecule has 1 amide bonds. The number of hydrogen-bond acceptors (Lipinski definition) is 8. The van der Waals surface area contributed by atoms with Crippen LogP contribution in [-0.4, -0.2) is 75.9 Å². The van der Waals surface area contributed by atoms with E-state index in [0.29, 0.717) is 35.7 Å². The molecule has 9 nitrogen and oxygen atoms in total. The van der Waals surface area contributed by atoms with Crippen LogP contribution in [0.15, 0.2) is 54.6 Å². The van der Waals surface area contributed by atoms with E-state index in [0.717, 1.165) is 58.2 Å². The van der Waals surface area contributed by atoms with Crippen LogP contribution in [0, 0.1) is 11.6 Å². The summed E-state index contributed by atoms with van der Waals surface area (Å²) in [6, 6.07) is 7.77. The van der Waals surface area contributed by atoms with Gasteiger partial charge in [-0.25, -0.2) is 13.8 Å². The van der Waals surface area contributed by atoms with Crippen molar-refractivity contribution in [3.8, 4) is 39.5 Å². The summed E-state index contributed by atoms with van der Waals surface area (Å²) in [7, 11) is 3.62. The van der Waals surface area contributed by atoms with Gasteiger partial charge in [-0.15, -0.1) is 11.3 Å². The van der Waals surface area contributed by atoms with Crippen LogP contribution in [0.1, 0.15) is 29.9 Å². The van der Waals surface area contributed by atoms with E-state index in [1.54, 1.807) is 4.90 Å². The SMILES string of the molecule is C=CC(=O)N1CCn2nc(-c3nc(-c4cnc5c(c4)CN(C)CC5)c4ccsc4c3-c3c(F)cc(F)cc3OCCOC)cc2[C@H]1C. The molecule has 2 aliphatic heterocycles. The quantitative estimate of drug-likeness (QED) is 0.144. The van der Waals surface area contributed by atoms with Crippen molar-refractivity contribution in [1.82, 2.24) is 29.5 Å². The number of amides is 1. The molecule has 0 spiro atoms. The average Bonchev–Trinajstić information content (AvgIpc) is 3.72. The van der Waals surface area contributed by atoms with Gasteiger partial charge in [0.1, 0.15) is 35.4 Å². The highest BCUT2D eigenvalue weighted by Gasteiger charge is 2.31. The number of aromatic nitrogens is 4. The molecular weight excluding hydrogens is 622 g/mol. The third kappa shape index (κ3) is 5.60. The van der Waals surface area contributed by atoms with Crippen LogP contribution in [0.2, 0.25) is 0 Å². The minimum absolute atomic E-state index is 0.0450. The van der Waals surface area contributed by atoms with E-state index < -0.39 is 11.6 Å². The molecule has 0 saturated heterocycles. The van der Waals surface area contributed by atoms with Crippen LogP contribution in [0.25, 0.3) is 43.9 Å². The van der Waals surface area contributed by atoms with Crippen LogP contribution < -0.4 is 4.74 Å². The molecular formula is C35H34F2N6O3S. The monoisotopic (exact) mass is 656 g/mol. The van der Waals surface area contributed by atoms with E-state index in [4.69, 9.17) is 24.5 Å². The van der Waals surface area contributed by atoms with Crippen LogP contribution in [-0.2, 0) is 29.0 Å². The van der Waals surface area contributed by atoms with Crippen molar-refractivity contribution in [2.75, 3.05) is 40.5 Å². The van der Waals surface area contributed by atoms with Crippen molar-refractivity contribution in [2.24, 2.45) is 0 Å². The summed E-state index contributed by atoms with van der Waals surface area (Å²) in [5, 5.41) is 7.70. The van der Waals surface area contributed by atoms with Crippen molar-refractivity contribution in [3.63, 3.8) is 0 Å². The number of pyridine rings is 2. The molecule has 0 unspecified atom stereocenters. The molecule has 0 bridgehead atoms. The van der Waals surface area contributed by atoms with Gasteiger partial charge in [-0.3, -0.25) is 14.5 Å². The van der Waals surface area contributed by atoms with Crippen molar-refractivity contribution >= 4 is 27.3 Å². The maximum atomic E-state index is 16.1. The zero-order chi connectivity index (χ0) is 32.8. The van der Waals surface area contributed by atoms with Crippen molar-refractivity contribution in [2.45, 2.75) is 32.5 Å². The maximum absolute atomic E-state index is 16.1. The highest BCUT2D eigenvalue weighted by molar-refractivity contribution is 7.18. The van der Waals surface area contributed by atoms with Gasteiger partial charge in [0, 0.05) is 78.4 Å². The smallest absolute Gasteiger partial charge is 0.246 e. The third-order valence-corrected chi connectivity index (χ3v) is 9.82. The second-order valence-corrected chi connectivity index (χ2v) is 12.8. The number of rotatable bonds is 8. The highest BCUT2D eigenvalue weighted by Crippen LogP contribution is 2.47. The topological polar surface area (TPSA) is 85.6 Å². The minimum Gasteiger partial charge on any atom is -0.490 e. The minimum atomic E-state index is -0.776. The lowest BCUT2D eigenvalue weighted by Crippen LogP contribution is -2.40. The molecule has 6 heterocycles. The van der Waals surface area contributed by atoms with E-state index in [2.05, 4.69) is 24.6 Å². The van der Waals surface area contributed by atoms with Gasteiger partial charge < -0.3 is 19.3 Å². The molecule has 1 atom stereocenters. The molecule has 0 saturated carbocycles. The fraction of sp³-hybridized carbons (Fsp3) is 0.314. The lowest BCUT2D eigenvalue weighted by Gasteiger charge is -2.33. The zero-order valence-electron chi connectivity index (χ0n) is 26.4. The molecule has 7 rings (SSSR count). The van der Waals surface area contributed by atoms with Crippen molar-refractivity contribution in [1.29, 1.82) is 0 Å². The molecule has 4 aromatic heterocycles. The number of benzene rings is 1. The molecule has 0 radical (unpaired) electrons. The Morgan fingerprint density at radius 2 is 1.98 bits per heavy atom. The summed E-state index contributed by atoms with van der Waals surface area (Å²) in [5.41, 5.74) is 6.03. The second kappa shape index (κ2) is 12.6. The van der Waals surface area contributed by atoms with Gasteiger partial charge in [0.2, 0.25) is 5.91 Å². The summed E-state index contributed by atoms with van der Waals surface area (Å²) in [5.74, 6) is -1.65. The Morgan fingerprint density at radius 1 is 1.13 bits per heavy atom. The third-order valence-electron chi connectivity index (χ3n) is 8.89. The predicted molar refractivity (Wildman–Crippen MR) is 177 cm³/mol. The Bertz CT molecular complexity index is 2020. The summed E-state index contributed by atoms with van der Waals surface area (Å²) in [6.07, 6.45) is 4.04. The highest BCUT2D eigenvalue weighted by atomic mass is 32.1. The van der Waals surface area contributed by atoms with E-state index >= 15 is 4.39 Å². The number of hydrogen-bond donors (Lipinski definition) is 0. The fourth-order valence-electron chi connectivity index (χ4n) is 6.54. The number of likely N-dealkylation sites (N-methyl/N-ethyl adjacent to an activating group) is 1. The van der Waals surface area contributed by atoms with Gasteiger partial charge in [-0.05, 0) is 49.2 Å². The maximum Gasteiger partial charge on any atom is 0.246 e. The number of halogens is 2. The first-order valence-corrected chi connectivity index (χ1v) is 16.4. The first-order valence-electron chi connectivity index (χ1n) is 15.5. The molecule has 47 heavy (non-hydrogen) atoms. The summed E-state index contributed by atoms with van der Waals surface area (Å²) < 4.78 is 44.4. The summed E-state index contributed by atoms with van der Waals surface area (Å²) in [6.45, 7) is 8.60. The summed E-state index contributed by atoms with van der Waals surface area (Å²) >= 11 is 1.44. The van der Waals surface area contributed by atoms with Crippen molar-refractivity contribution < 1.29 is 23.0 Å². The molecule has 0 aliphatic carbocycles. The van der Waals surface area contributed by atoms with Gasteiger partial charge >= 0.3 is 0 Å². The Morgan fingerprint density at radius 3 is 2.79 bits per heavy atom. The molecule has 5 aromatic rings. The number of carbonyl (C=O) groups is 1. The van der Waals surface area contributed by atoms with Crippen molar-refractivity contribution in [3.05, 3.63) is 83.1 Å². The summed E-state index contributed by atoms with van der Waals surface area (Å²) in [4.78, 5) is 26.7. The molecule has 1 aromatic carbocycles. The largest absolute Gasteiger partial charge is 0.490 e. The normalized spacial score (nSPS) is 16.3. The Balaban J connectivity index is 1.48. The number of nitrogens with zero attached hydrogens (tertiary/aromatic N) is 6.